The molecular formula is C24H31F3N4O2. The molecule has 9 heteroatoms. The fraction of sp³-hybridized carbons (Fsp3) is 0.417. The van der Waals surface area contributed by atoms with Crippen molar-refractivity contribution in [2.75, 3.05) is 19.4 Å². The molecule has 1 atom stereocenters. The van der Waals surface area contributed by atoms with Crippen LogP contribution in [-0.4, -0.2) is 30.7 Å². The molecular weight excluding hydrogens is 433 g/mol. The number of benzene rings is 1. The lowest BCUT2D eigenvalue weighted by Crippen LogP contribution is -2.35. The SMILES string of the molecule is COc1cc(C(=O)NCC(c2cc(C(C)C)c(C)c(C)n2)C(F)(F)F)cc(/C=C(/C)N)c1N. The Kier molecular flexibility index (Phi) is 8.00. The number of halogens is 3. The van der Waals surface area contributed by atoms with E-state index >= 15 is 0 Å². The van der Waals surface area contributed by atoms with Crippen molar-refractivity contribution in [1.82, 2.24) is 10.3 Å². The Balaban J connectivity index is 2.39. The van der Waals surface area contributed by atoms with E-state index in [-0.39, 0.29) is 28.6 Å². The fourth-order valence-corrected chi connectivity index (χ4v) is 3.56. The molecule has 1 aromatic carbocycles. The summed E-state index contributed by atoms with van der Waals surface area (Å²) >= 11 is 0. The number of carbonyl (C=O) groups is 1. The van der Waals surface area contributed by atoms with E-state index in [1.165, 1.54) is 25.3 Å². The molecule has 0 fully saturated rings. The van der Waals surface area contributed by atoms with Gasteiger partial charge in [0.25, 0.3) is 5.91 Å². The van der Waals surface area contributed by atoms with Crippen LogP contribution < -0.4 is 21.5 Å². The Hall–Kier alpha value is -3.23. The topological polar surface area (TPSA) is 103 Å². The van der Waals surface area contributed by atoms with Gasteiger partial charge in [0.05, 0.1) is 18.5 Å². The van der Waals surface area contributed by atoms with Crippen molar-refractivity contribution in [2.45, 2.75) is 52.6 Å². The lowest BCUT2D eigenvalue weighted by molar-refractivity contribution is -0.149. The molecule has 0 aliphatic carbocycles. The van der Waals surface area contributed by atoms with E-state index in [1.54, 1.807) is 19.9 Å². The minimum Gasteiger partial charge on any atom is -0.495 e. The third-order valence-corrected chi connectivity index (χ3v) is 5.46. The van der Waals surface area contributed by atoms with Crippen molar-refractivity contribution in [2.24, 2.45) is 5.73 Å². The summed E-state index contributed by atoms with van der Waals surface area (Å²) < 4.78 is 47.1. The van der Waals surface area contributed by atoms with Crippen LogP contribution in [0.1, 0.15) is 71.0 Å². The van der Waals surface area contributed by atoms with Crippen molar-refractivity contribution in [3.05, 3.63) is 57.5 Å². The zero-order valence-electron chi connectivity index (χ0n) is 19.7. The fourth-order valence-electron chi connectivity index (χ4n) is 3.56. The normalized spacial score (nSPS) is 13.2. The zero-order chi connectivity index (χ0) is 25.1. The molecule has 0 radical (unpaired) electrons. The highest BCUT2D eigenvalue weighted by Gasteiger charge is 2.42. The second-order valence-electron chi connectivity index (χ2n) is 8.38. The van der Waals surface area contributed by atoms with E-state index in [4.69, 9.17) is 16.2 Å². The predicted octanol–water partition coefficient (Wildman–Crippen LogP) is 4.81. The highest BCUT2D eigenvalue weighted by molar-refractivity contribution is 5.96. The lowest BCUT2D eigenvalue weighted by Gasteiger charge is -2.23. The Labute approximate surface area is 192 Å². The zero-order valence-corrected chi connectivity index (χ0v) is 19.7. The van der Waals surface area contributed by atoms with Crippen LogP contribution >= 0.6 is 0 Å². The molecule has 2 aromatic rings. The van der Waals surface area contributed by atoms with Crippen molar-refractivity contribution < 1.29 is 22.7 Å². The average molecular weight is 465 g/mol. The van der Waals surface area contributed by atoms with Crippen molar-refractivity contribution in [3.8, 4) is 5.75 Å². The molecule has 0 saturated heterocycles. The number of hydrogen-bond donors (Lipinski definition) is 3. The van der Waals surface area contributed by atoms with E-state index in [0.717, 1.165) is 11.1 Å². The summed E-state index contributed by atoms with van der Waals surface area (Å²) in [5.74, 6) is -2.40. The first-order valence-corrected chi connectivity index (χ1v) is 10.5. The van der Waals surface area contributed by atoms with Gasteiger partial charge in [-0.25, -0.2) is 0 Å². The van der Waals surface area contributed by atoms with Gasteiger partial charge in [-0.15, -0.1) is 0 Å². The maximum absolute atomic E-state index is 14.0. The van der Waals surface area contributed by atoms with Crippen LogP contribution in [0.2, 0.25) is 0 Å². The van der Waals surface area contributed by atoms with Gasteiger partial charge in [0.2, 0.25) is 0 Å². The number of anilines is 1. The summed E-state index contributed by atoms with van der Waals surface area (Å²) in [5.41, 5.74) is 15.1. The Morgan fingerprint density at radius 3 is 2.39 bits per heavy atom. The van der Waals surface area contributed by atoms with Crippen molar-refractivity contribution in [1.29, 1.82) is 0 Å². The number of ether oxygens (including phenoxy) is 1. The maximum Gasteiger partial charge on any atom is 0.398 e. The molecule has 0 spiro atoms. The number of aryl methyl sites for hydroxylation is 1. The molecule has 0 saturated carbocycles. The number of hydrogen-bond acceptors (Lipinski definition) is 5. The number of rotatable bonds is 7. The van der Waals surface area contributed by atoms with Gasteiger partial charge < -0.3 is 21.5 Å². The first-order chi connectivity index (χ1) is 15.3. The molecule has 6 nitrogen and oxygen atoms in total. The van der Waals surface area contributed by atoms with Crippen LogP contribution in [0.4, 0.5) is 18.9 Å². The van der Waals surface area contributed by atoms with Gasteiger partial charge >= 0.3 is 6.18 Å². The summed E-state index contributed by atoms with van der Waals surface area (Å²) in [5, 5.41) is 2.39. The second kappa shape index (κ2) is 10.1. The summed E-state index contributed by atoms with van der Waals surface area (Å²) in [6, 6.07) is 4.31. The summed E-state index contributed by atoms with van der Waals surface area (Å²) in [6.07, 6.45) is -3.04. The number of nitrogens with two attached hydrogens (primary N) is 2. The van der Waals surface area contributed by atoms with Gasteiger partial charge in [-0.1, -0.05) is 13.8 Å². The van der Waals surface area contributed by atoms with Gasteiger partial charge in [0.15, 0.2) is 0 Å². The Bertz CT molecular complexity index is 1060. The average Bonchev–Trinajstić information content (AvgIpc) is 2.70. The highest BCUT2D eigenvalue weighted by Crippen LogP contribution is 2.36. The summed E-state index contributed by atoms with van der Waals surface area (Å²) in [4.78, 5) is 17.0. The molecule has 1 aromatic heterocycles. The van der Waals surface area contributed by atoms with E-state index < -0.39 is 24.5 Å². The monoisotopic (exact) mass is 464 g/mol. The molecule has 5 N–H and O–H groups in total. The molecule has 0 aliphatic heterocycles. The summed E-state index contributed by atoms with van der Waals surface area (Å²) in [6.45, 7) is 8.35. The highest BCUT2D eigenvalue weighted by atomic mass is 19.4. The number of nitrogens with one attached hydrogen (secondary N) is 1. The Morgan fingerprint density at radius 1 is 1.24 bits per heavy atom. The number of methoxy groups -OCH3 is 1. The van der Waals surface area contributed by atoms with E-state index in [1.807, 2.05) is 20.8 Å². The Morgan fingerprint density at radius 2 is 1.88 bits per heavy atom. The second-order valence-corrected chi connectivity index (χ2v) is 8.38. The number of carbonyl (C=O) groups excluding carboxylic acids is 1. The third kappa shape index (κ3) is 6.18. The van der Waals surface area contributed by atoms with Crippen molar-refractivity contribution >= 4 is 17.7 Å². The number of pyridine rings is 1. The van der Waals surface area contributed by atoms with Crippen LogP contribution in [0.15, 0.2) is 23.9 Å². The van der Waals surface area contributed by atoms with Crippen LogP contribution in [0.3, 0.4) is 0 Å². The smallest absolute Gasteiger partial charge is 0.398 e. The largest absolute Gasteiger partial charge is 0.495 e. The summed E-state index contributed by atoms with van der Waals surface area (Å²) in [7, 11) is 1.38. The van der Waals surface area contributed by atoms with E-state index in [0.29, 0.717) is 17.0 Å². The van der Waals surface area contributed by atoms with Gasteiger partial charge in [0, 0.05) is 29.1 Å². The van der Waals surface area contributed by atoms with Gasteiger partial charge in [-0.3, -0.25) is 9.78 Å². The minimum atomic E-state index is -4.60. The van der Waals surface area contributed by atoms with E-state index in [2.05, 4.69) is 10.3 Å². The molecule has 180 valence electrons. The third-order valence-electron chi connectivity index (χ3n) is 5.46. The number of alkyl halides is 3. The van der Waals surface area contributed by atoms with Crippen LogP contribution in [-0.2, 0) is 0 Å². The first kappa shape index (κ1) is 26.0. The minimum absolute atomic E-state index is 0.0358. The van der Waals surface area contributed by atoms with Crippen LogP contribution in [0, 0.1) is 13.8 Å². The number of amides is 1. The quantitative estimate of drug-likeness (QED) is 0.511. The van der Waals surface area contributed by atoms with Crippen LogP contribution in [0.5, 0.6) is 5.75 Å². The molecule has 33 heavy (non-hydrogen) atoms. The van der Waals surface area contributed by atoms with Gasteiger partial charge in [0.1, 0.15) is 11.7 Å². The molecule has 1 unspecified atom stereocenters. The molecule has 0 bridgehead atoms. The molecule has 0 aliphatic rings. The molecule has 2 rings (SSSR count). The number of nitrogen functional groups attached to an aromatic ring is 1. The number of aromatic nitrogens is 1. The van der Waals surface area contributed by atoms with Crippen LogP contribution in [0.25, 0.3) is 6.08 Å². The van der Waals surface area contributed by atoms with Crippen molar-refractivity contribution in [3.63, 3.8) is 0 Å². The lowest BCUT2D eigenvalue weighted by atomic mass is 9.93. The molecule has 1 heterocycles. The molecule has 1 amide bonds. The standard InChI is InChI=1S/C24H31F3N4O2/c1-12(2)18-10-20(31-15(5)14(18)4)19(24(25,26)27)11-30-23(32)17-8-16(7-13(3)28)22(29)21(9-17)33-6/h7-10,12,19H,11,28-29H2,1-6H3,(H,30,32)/b13-7-. The number of nitrogens with zero attached hydrogens (tertiary/aromatic N) is 1. The van der Waals surface area contributed by atoms with Gasteiger partial charge in [-0.05, 0) is 62.1 Å². The van der Waals surface area contributed by atoms with Gasteiger partial charge in [-0.2, -0.15) is 13.2 Å². The van der Waals surface area contributed by atoms with E-state index in [9.17, 15) is 18.0 Å². The number of allylic oxidation sites excluding steroid dienone is 1. The first-order valence-electron chi connectivity index (χ1n) is 10.5. The predicted molar refractivity (Wildman–Crippen MR) is 124 cm³/mol. The maximum atomic E-state index is 14.0.